The van der Waals surface area contributed by atoms with Crippen molar-refractivity contribution in [1.82, 2.24) is 5.32 Å². The van der Waals surface area contributed by atoms with E-state index in [9.17, 15) is 0 Å². The van der Waals surface area contributed by atoms with Gasteiger partial charge >= 0.3 is 0 Å². The quantitative estimate of drug-likeness (QED) is 0.844. The molecular formula is C17H23N. The molecule has 3 aliphatic rings. The third-order valence-corrected chi connectivity index (χ3v) is 5.02. The van der Waals surface area contributed by atoms with Crippen molar-refractivity contribution in [2.24, 2.45) is 11.8 Å². The molecule has 1 aromatic carbocycles. The summed E-state index contributed by atoms with van der Waals surface area (Å²) in [5.41, 5.74) is 3.18. The summed E-state index contributed by atoms with van der Waals surface area (Å²) in [6.45, 7) is 0. The molecule has 2 saturated carbocycles. The maximum Gasteiger partial charge on any atom is 0.0325 e. The molecule has 0 heterocycles. The minimum atomic E-state index is 0.640. The Bertz CT molecular complexity index is 419. The summed E-state index contributed by atoms with van der Waals surface area (Å²) in [5.74, 6) is 2.01. The minimum Gasteiger partial charge on any atom is -0.307 e. The second-order valence-electron chi connectivity index (χ2n) is 6.51. The van der Waals surface area contributed by atoms with Crippen molar-refractivity contribution in [2.45, 2.75) is 57.0 Å². The molecule has 1 unspecified atom stereocenters. The second-order valence-corrected chi connectivity index (χ2v) is 6.51. The number of nitrogens with one attached hydrogen (secondary N) is 1. The van der Waals surface area contributed by atoms with Gasteiger partial charge in [0.15, 0.2) is 0 Å². The van der Waals surface area contributed by atoms with Crippen LogP contribution in [-0.2, 0) is 6.42 Å². The maximum atomic E-state index is 4.04. The molecule has 1 heteroatoms. The lowest BCUT2D eigenvalue weighted by Crippen LogP contribution is -2.37. The number of aryl methyl sites for hydroxylation is 1. The van der Waals surface area contributed by atoms with Crippen LogP contribution in [0.4, 0.5) is 0 Å². The molecule has 0 saturated heterocycles. The van der Waals surface area contributed by atoms with E-state index in [2.05, 4.69) is 29.6 Å². The SMILES string of the molecule is c1ccc2c(c1)CCCC2NC(C1CC1)C1CC1. The summed E-state index contributed by atoms with van der Waals surface area (Å²) >= 11 is 0. The van der Waals surface area contributed by atoms with Gasteiger partial charge in [-0.15, -0.1) is 0 Å². The van der Waals surface area contributed by atoms with Crippen molar-refractivity contribution in [1.29, 1.82) is 0 Å². The monoisotopic (exact) mass is 241 g/mol. The van der Waals surface area contributed by atoms with Crippen LogP contribution in [0.25, 0.3) is 0 Å². The first-order valence-corrected chi connectivity index (χ1v) is 7.75. The van der Waals surface area contributed by atoms with Gasteiger partial charge in [0.2, 0.25) is 0 Å². The van der Waals surface area contributed by atoms with E-state index in [1.165, 1.54) is 44.9 Å². The molecule has 1 aromatic rings. The number of hydrogen-bond donors (Lipinski definition) is 1. The lowest BCUT2D eigenvalue weighted by molar-refractivity contribution is 0.340. The molecule has 0 spiro atoms. The van der Waals surface area contributed by atoms with Gasteiger partial charge in [0.05, 0.1) is 0 Å². The maximum absolute atomic E-state index is 4.04. The lowest BCUT2D eigenvalue weighted by Gasteiger charge is -2.31. The molecule has 0 radical (unpaired) electrons. The average Bonchev–Trinajstić information content (AvgIpc) is 3.29. The van der Waals surface area contributed by atoms with Crippen LogP contribution >= 0.6 is 0 Å². The zero-order valence-electron chi connectivity index (χ0n) is 11.1. The molecule has 1 N–H and O–H groups in total. The van der Waals surface area contributed by atoms with Crippen molar-refractivity contribution in [3.8, 4) is 0 Å². The third-order valence-electron chi connectivity index (χ3n) is 5.02. The highest BCUT2D eigenvalue weighted by Gasteiger charge is 2.42. The van der Waals surface area contributed by atoms with Crippen LogP contribution in [0.1, 0.15) is 55.7 Å². The summed E-state index contributed by atoms with van der Waals surface area (Å²) < 4.78 is 0. The summed E-state index contributed by atoms with van der Waals surface area (Å²) in [5, 5.41) is 4.04. The predicted molar refractivity (Wildman–Crippen MR) is 74.5 cm³/mol. The van der Waals surface area contributed by atoms with Crippen LogP contribution in [-0.4, -0.2) is 6.04 Å². The van der Waals surface area contributed by atoms with Crippen LogP contribution in [0.5, 0.6) is 0 Å². The fraction of sp³-hybridized carbons (Fsp3) is 0.647. The van der Waals surface area contributed by atoms with Crippen LogP contribution in [0, 0.1) is 11.8 Å². The Morgan fingerprint density at radius 2 is 1.67 bits per heavy atom. The second kappa shape index (κ2) is 4.38. The molecular weight excluding hydrogens is 218 g/mol. The Labute approximate surface area is 110 Å². The molecule has 1 nitrogen and oxygen atoms in total. The van der Waals surface area contributed by atoms with Crippen molar-refractivity contribution >= 4 is 0 Å². The number of benzene rings is 1. The average molecular weight is 241 g/mol. The molecule has 0 amide bonds. The van der Waals surface area contributed by atoms with Crippen LogP contribution in [0.3, 0.4) is 0 Å². The fourth-order valence-electron chi connectivity index (χ4n) is 3.73. The number of hydrogen-bond acceptors (Lipinski definition) is 1. The first kappa shape index (κ1) is 11.0. The van der Waals surface area contributed by atoms with Gasteiger partial charge in [-0.2, -0.15) is 0 Å². The highest BCUT2D eigenvalue weighted by molar-refractivity contribution is 5.32. The Hall–Kier alpha value is -0.820. The molecule has 96 valence electrons. The first-order valence-electron chi connectivity index (χ1n) is 7.75. The van der Waals surface area contributed by atoms with Gasteiger partial charge in [-0.25, -0.2) is 0 Å². The van der Waals surface area contributed by atoms with Gasteiger partial charge < -0.3 is 5.32 Å². The van der Waals surface area contributed by atoms with E-state index in [-0.39, 0.29) is 0 Å². The fourth-order valence-corrected chi connectivity index (χ4v) is 3.73. The van der Waals surface area contributed by atoms with Crippen LogP contribution in [0.15, 0.2) is 24.3 Å². The van der Waals surface area contributed by atoms with E-state index >= 15 is 0 Å². The molecule has 0 bridgehead atoms. The largest absolute Gasteiger partial charge is 0.307 e. The highest BCUT2D eigenvalue weighted by Crippen LogP contribution is 2.46. The number of rotatable bonds is 4. The smallest absolute Gasteiger partial charge is 0.0325 e. The molecule has 18 heavy (non-hydrogen) atoms. The minimum absolute atomic E-state index is 0.640. The summed E-state index contributed by atoms with van der Waals surface area (Å²) in [7, 11) is 0. The lowest BCUT2D eigenvalue weighted by atomic mass is 9.87. The van der Waals surface area contributed by atoms with Crippen molar-refractivity contribution in [2.75, 3.05) is 0 Å². The molecule has 2 fully saturated rings. The van der Waals surface area contributed by atoms with Gasteiger partial charge in [-0.05, 0) is 67.9 Å². The summed E-state index contributed by atoms with van der Waals surface area (Å²) in [6, 6.07) is 10.6. The normalized spacial score (nSPS) is 27.3. The zero-order valence-corrected chi connectivity index (χ0v) is 11.1. The molecule has 3 aliphatic carbocycles. The standard InChI is InChI=1S/C17H23N/c1-2-6-15-12(4-1)5-3-7-16(15)18-17(13-8-9-13)14-10-11-14/h1-2,4,6,13-14,16-18H,3,5,7-11H2. The molecule has 0 aromatic heterocycles. The molecule has 4 rings (SSSR count). The van der Waals surface area contributed by atoms with Crippen LogP contribution in [0.2, 0.25) is 0 Å². The van der Waals surface area contributed by atoms with Gasteiger partial charge in [0.1, 0.15) is 0 Å². The van der Waals surface area contributed by atoms with Gasteiger partial charge in [0.25, 0.3) is 0 Å². The van der Waals surface area contributed by atoms with Gasteiger partial charge in [-0.1, -0.05) is 24.3 Å². The summed E-state index contributed by atoms with van der Waals surface area (Å²) in [6.07, 6.45) is 9.88. The first-order chi connectivity index (χ1) is 8.92. The van der Waals surface area contributed by atoms with Crippen molar-refractivity contribution < 1.29 is 0 Å². The van der Waals surface area contributed by atoms with E-state index in [1.54, 1.807) is 11.1 Å². The predicted octanol–water partition coefficient (Wildman–Crippen LogP) is 3.84. The Balaban J connectivity index is 1.54. The summed E-state index contributed by atoms with van der Waals surface area (Å²) in [4.78, 5) is 0. The third kappa shape index (κ3) is 2.09. The van der Waals surface area contributed by atoms with E-state index < -0.39 is 0 Å². The highest BCUT2D eigenvalue weighted by atomic mass is 15.0. The Kier molecular flexibility index (Phi) is 2.69. The van der Waals surface area contributed by atoms with Crippen LogP contribution < -0.4 is 5.32 Å². The number of fused-ring (bicyclic) bond motifs is 1. The van der Waals surface area contributed by atoms with Crippen molar-refractivity contribution in [3.63, 3.8) is 0 Å². The van der Waals surface area contributed by atoms with E-state index in [4.69, 9.17) is 0 Å². The zero-order chi connectivity index (χ0) is 11.9. The van der Waals surface area contributed by atoms with Crippen molar-refractivity contribution in [3.05, 3.63) is 35.4 Å². The van der Waals surface area contributed by atoms with Gasteiger partial charge in [-0.3, -0.25) is 0 Å². The molecule has 0 aliphatic heterocycles. The molecule has 1 atom stereocenters. The van der Waals surface area contributed by atoms with Gasteiger partial charge in [0, 0.05) is 12.1 Å². The van der Waals surface area contributed by atoms with E-state index in [0.29, 0.717) is 6.04 Å². The van der Waals surface area contributed by atoms with E-state index in [1.807, 2.05) is 0 Å². The Morgan fingerprint density at radius 1 is 0.944 bits per heavy atom. The topological polar surface area (TPSA) is 12.0 Å². The van der Waals surface area contributed by atoms with E-state index in [0.717, 1.165) is 17.9 Å². The Morgan fingerprint density at radius 3 is 2.39 bits per heavy atom.